The fourth-order valence-corrected chi connectivity index (χ4v) is 3.19. The van der Waals surface area contributed by atoms with Crippen molar-refractivity contribution in [1.29, 1.82) is 0 Å². The molecule has 114 valence electrons. The lowest BCUT2D eigenvalue weighted by molar-refractivity contribution is 0.189. The molecule has 0 radical (unpaired) electrons. The van der Waals surface area contributed by atoms with Gasteiger partial charge in [0.2, 0.25) is 5.94 Å². The maximum Gasteiger partial charge on any atom is 0.273 e. The van der Waals surface area contributed by atoms with Crippen LogP contribution < -0.4 is 4.31 Å². The Hall–Kier alpha value is -2.05. The molecular weight excluding hydrogens is 324 g/mol. The van der Waals surface area contributed by atoms with Gasteiger partial charge in [0.25, 0.3) is 10.0 Å². The molecule has 22 heavy (non-hydrogen) atoms. The van der Waals surface area contributed by atoms with Crippen LogP contribution in [0.1, 0.15) is 11.1 Å². The van der Waals surface area contributed by atoms with E-state index >= 15 is 0 Å². The Bertz CT molecular complexity index is 835. The summed E-state index contributed by atoms with van der Waals surface area (Å²) in [5.41, 5.74) is 2.47. The fraction of sp³-hybridized carbons (Fsp3) is 0.133. The largest absolute Gasteiger partial charge is 0.377 e. The molecule has 0 bridgehead atoms. The van der Waals surface area contributed by atoms with Crippen molar-refractivity contribution < 1.29 is 13.3 Å². The highest BCUT2D eigenvalue weighted by molar-refractivity contribution is 7.92. The second kappa shape index (κ2) is 5.62. The van der Waals surface area contributed by atoms with Crippen molar-refractivity contribution in [2.75, 3.05) is 17.3 Å². The molecule has 0 spiro atoms. The number of sulfonamides is 1. The van der Waals surface area contributed by atoms with E-state index in [2.05, 4.69) is 5.16 Å². The van der Waals surface area contributed by atoms with Gasteiger partial charge in [-0.25, -0.2) is 8.42 Å². The Morgan fingerprint density at radius 2 is 1.91 bits per heavy atom. The van der Waals surface area contributed by atoms with Crippen molar-refractivity contribution in [2.45, 2.75) is 0 Å². The first-order valence-corrected chi connectivity index (χ1v) is 8.50. The minimum absolute atomic E-state index is 0.494. The second-order valence-corrected chi connectivity index (χ2v) is 7.18. The molecule has 5 nitrogen and oxygen atoms in total. The number of anilines is 1. The first-order chi connectivity index (χ1) is 10.5. The molecule has 0 saturated carbocycles. The van der Waals surface area contributed by atoms with Crippen LogP contribution in [0.15, 0.2) is 53.7 Å². The average molecular weight is 337 g/mol. The number of halogens is 1. The van der Waals surface area contributed by atoms with Crippen LogP contribution in [0, 0.1) is 0 Å². The third-order valence-electron chi connectivity index (χ3n) is 3.37. The summed E-state index contributed by atoms with van der Waals surface area (Å²) in [4.78, 5) is 5.04. The summed E-state index contributed by atoms with van der Waals surface area (Å²) in [6.07, 6.45) is 0. The number of hydrogen-bond acceptors (Lipinski definition) is 4. The molecule has 0 saturated heterocycles. The Kier molecular flexibility index (Phi) is 3.80. The van der Waals surface area contributed by atoms with E-state index < -0.39 is 16.0 Å². The molecule has 7 heteroatoms. The van der Waals surface area contributed by atoms with E-state index in [-0.39, 0.29) is 0 Å². The number of oxime groups is 1. The number of fused-ring (bicyclic) bond motifs is 1. The van der Waals surface area contributed by atoms with Crippen molar-refractivity contribution in [1.82, 2.24) is 0 Å². The maximum atomic E-state index is 12.1. The third kappa shape index (κ3) is 2.67. The van der Waals surface area contributed by atoms with Crippen molar-refractivity contribution in [3.05, 3.63) is 64.7 Å². The number of nitrogens with zero attached hydrogens (tertiary/aromatic N) is 2. The summed E-state index contributed by atoms with van der Waals surface area (Å²) in [5.74, 6) is -0.512. The Morgan fingerprint density at radius 1 is 1.18 bits per heavy atom. The Labute approximate surface area is 133 Å². The van der Waals surface area contributed by atoms with Crippen LogP contribution in [0.5, 0.6) is 0 Å². The molecule has 3 rings (SSSR count). The highest BCUT2D eigenvalue weighted by atomic mass is 35.5. The van der Waals surface area contributed by atoms with Gasteiger partial charge >= 0.3 is 0 Å². The van der Waals surface area contributed by atoms with E-state index in [0.29, 0.717) is 22.0 Å². The van der Waals surface area contributed by atoms with Crippen molar-refractivity contribution in [3.8, 4) is 0 Å². The second-order valence-electron chi connectivity index (χ2n) is 4.79. The summed E-state index contributed by atoms with van der Waals surface area (Å²) in [5, 5.41) is 4.51. The van der Waals surface area contributed by atoms with Gasteiger partial charge < -0.3 is 4.84 Å². The topological polar surface area (TPSA) is 59.0 Å². The molecule has 0 N–H and O–H groups in total. The molecule has 1 aliphatic heterocycles. The van der Waals surface area contributed by atoms with Crippen molar-refractivity contribution >= 4 is 33.0 Å². The Balaban J connectivity index is 2.26. The number of benzene rings is 2. The van der Waals surface area contributed by atoms with Crippen molar-refractivity contribution in [3.63, 3.8) is 0 Å². The standard InChI is InChI=1S/C15H13ClN2O3S/c1-18-14-8-7-12(16)9-13(14)15(11-5-3-2-4-6-11)17-21-10-22(18,19)20/h2-9H,10H2,1H3/b17-15-. The average Bonchev–Trinajstić information content (AvgIpc) is 2.51. The highest BCUT2D eigenvalue weighted by Crippen LogP contribution is 2.29. The van der Waals surface area contributed by atoms with Crippen LogP contribution >= 0.6 is 11.6 Å². The monoisotopic (exact) mass is 336 g/mol. The molecule has 2 aromatic carbocycles. The molecule has 0 amide bonds. The SMILES string of the molecule is CN1c2ccc(Cl)cc2/C(c2ccccc2)=N\OCS1(=O)=O. The molecule has 1 heterocycles. The molecule has 0 aromatic heterocycles. The van der Waals surface area contributed by atoms with Crippen LogP contribution in [0.3, 0.4) is 0 Å². The summed E-state index contributed by atoms with van der Waals surface area (Å²) in [7, 11) is -2.11. The van der Waals surface area contributed by atoms with Gasteiger partial charge in [0.15, 0.2) is 0 Å². The fourth-order valence-electron chi connectivity index (χ4n) is 2.21. The van der Waals surface area contributed by atoms with Crippen LogP contribution in [0.2, 0.25) is 5.02 Å². The van der Waals surface area contributed by atoms with Crippen LogP contribution in [-0.2, 0) is 14.9 Å². The first kappa shape index (κ1) is 14.9. The molecular formula is C15H13ClN2O3S. The molecule has 2 aromatic rings. The van der Waals surface area contributed by atoms with Gasteiger partial charge in [0.05, 0.1) is 5.69 Å². The van der Waals surface area contributed by atoms with Crippen LogP contribution in [-0.4, -0.2) is 27.1 Å². The van der Waals surface area contributed by atoms with Gasteiger partial charge in [0.1, 0.15) is 5.71 Å². The first-order valence-electron chi connectivity index (χ1n) is 6.51. The zero-order valence-corrected chi connectivity index (χ0v) is 13.3. The lowest BCUT2D eigenvalue weighted by Crippen LogP contribution is -2.32. The molecule has 0 aliphatic carbocycles. The molecule has 0 unspecified atom stereocenters. The molecule has 0 atom stereocenters. The smallest absolute Gasteiger partial charge is 0.273 e. The zero-order chi connectivity index (χ0) is 15.7. The third-order valence-corrected chi connectivity index (χ3v) is 5.04. The highest BCUT2D eigenvalue weighted by Gasteiger charge is 2.26. The quantitative estimate of drug-likeness (QED) is 0.804. The summed E-state index contributed by atoms with van der Waals surface area (Å²) in [6, 6.07) is 14.4. The predicted molar refractivity (Wildman–Crippen MR) is 86.8 cm³/mol. The minimum Gasteiger partial charge on any atom is -0.377 e. The van der Waals surface area contributed by atoms with Gasteiger partial charge in [-0.2, -0.15) is 0 Å². The van der Waals surface area contributed by atoms with Gasteiger partial charge in [-0.3, -0.25) is 4.31 Å². The van der Waals surface area contributed by atoms with E-state index in [9.17, 15) is 8.42 Å². The maximum absolute atomic E-state index is 12.1. The normalized spacial score (nSPS) is 19.2. The van der Waals surface area contributed by atoms with E-state index in [1.807, 2.05) is 30.3 Å². The van der Waals surface area contributed by atoms with E-state index in [4.69, 9.17) is 16.4 Å². The summed E-state index contributed by atoms with van der Waals surface area (Å²) >= 11 is 6.08. The van der Waals surface area contributed by atoms with Crippen molar-refractivity contribution in [2.24, 2.45) is 5.16 Å². The lowest BCUT2D eigenvalue weighted by atomic mass is 10.0. The summed E-state index contributed by atoms with van der Waals surface area (Å²) < 4.78 is 25.5. The Morgan fingerprint density at radius 3 is 2.64 bits per heavy atom. The van der Waals surface area contributed by atoms with Crippen LogP contribution in [0.4, 0.5) is 5.69 Å². The van der Waals surface area contributed by atoms with Crippen LogP contribution in [0.25, 0.3) is 0 Å². The molecule has 0 fully saturated rings. The van der Waals surface area contributed by atoms with Gasteiger partial charge in [0, 0.05) is 23.2 Å². The zero-order valence-electron chi connectivity index (χ0n) is 11.7. The van der Waals surface area contributed by atoms with Gasteiger partial charge in [-0.05, 0) is 18.2 Å². The number of hydrogen-bond donors (Lipinski definition) is 0. The van der Waals surface area contributed by atoms with E-state index in [0.717, 1.165) is 5.56 Å². The minimum atomic E-state index is -3.59. The molecule has 1 aliphatic rings. The van der Waals surface area contributed by atoms with Gasteiger partial charge in [-0.15, -0.1) is 0 Å². The lowest BCUT2D eigenvalue weighted by Gasteiger charge is -2.24. The number of rotatable bonds is 1. The van der Waals surface area contributed by atoms with E-state index in [1.165, 1.54) is 11.4 Å². The van der Waals surface area contributed by atoms with E-state index in [1.54, 1.807) is 18.2 Å². The van der Waals surface area contributed by atoms with Gasteiger partial charge in [-0.1, -0.05) is 47.1 Å². The summed E-state index contributed by atoms with van der Waals surface area (Å²) in [6.45, 7) is 0. The predicted octanol–water partition coefficient (Wildman–Crippen LogP) is 2.85.